The number of piperidine rings is 1. The number of rotatable bonds is 7. The number of hydrogen-bond acceptors (Lipinski definition) is 7. The van der Waals surface area contributed by atoms with E-state index in [9.17, 15) is 18.3 Å². The van der Waals surface area contributed by atoms with Crippen LogP contribution in [0.1, 0.15) is 25.7 Å². The van der Waals surface area contributed by atoms with Gasteiger partial charge in [0, 0.05) is 43.5 Å². The molecule has 7 nitrogen and oxygen atoms in total. The standard InChI is InChI=1S/C24H27ClF3N5O2/c1-32-13-11-29-22(32)15-23(34)33-12-5-4-8-21(33)31-30-16-9-10-17(19(25)14-16)18-6-2-3-7-20(18)35-24(26,27)28/h2-3,6-7,9-11,13-14,21-23,29,34H,4-5,8,12,15H2,1H3. The molecule has 0 spiro atoms. The first-order valence-corrected chi connectivity index (χ1v) is 11.7. The topological polar surface area (TPSA) is 72.7 Å². The summed E-state index contributed by atoms with van der Waals surface area (Å²) in [6, 6.07) is 10.6. The van der Waals surface area contributed by atoms with E-state index in [2.05, 4.69) is 20.3 Å². The summed E-state index contributed by atoms with van der Waals surface area (Å²) in [5.41, 5.74) is 1.08. The number of azo groups is 1. The summed E-state index contributed by atoms with van der Waals surface area (Å²) in [5.74, 6) is -0.333. The van der Waals surface area contributed by atoms with Crippen LogP contribution in [0.15, 0.2) is 65.1 Å². The second kappa shape index (κ2) is 10.8. The molecule has 2 aromatic carbocycles. The van der Waals surface area contributed by atoms with Crippen LogP contribution in [0.2, 0.25) is 5.02 Å². The van der Waals surface area contributed by atoms with E-state index in [1.54, 1.807) is 24.3 Å². The Hall–Kier alpha value is -2.82. The van der Waals surface area contributed by atoms with Gasteiger partial charge in [0.15, 0.2) is 0 Å². The van der Waals surface area contributed by atoms with Crippen molar-refractivity contribution in [2.75, 3.05) is 13.6 Å². The Bertz CT molecular complexity index is 1080. The molecule has 3 unspecified atom stereocenters. The lowest BCUT2D eigenvalue weighted by molar-refractivity contribution is -0.274. The van der Waals surface area contributed by atoms with Crippen molar-refractivity contribution < 1.29 is 23.0 Å². The monoisotopic (exact) mass is 509 g/mol. The van der Waals surface area contributed by atoms with Crippen LogP contribution in [0.4, 0.5) is 18.9 Å². The Balaban J connectivity index is 1.48. The van der Waals surface area contributed by atoms with Gasteiger partial charge in [-0.25, -0.2) is 0 Å². The highest BCUT2D eigenvalue weighted by molar-refractivity contribution is 6.33. The maximum atomic E-state index is 12.8. The lowest BCUT2D eigenvalue weighted by Crippen LogP contribution is -2.49. The van der Waals surface area contributed by atoms with Gasteiger partial charge in [-0.05, 0) is 37.5 Å². The van der Waals surface area contributed by atoms with E-state index in [0.717, 1.165) is 19.3 Å². The number of ether oxygens (including phenoxy) is 1. The van der Waals surface area contributed by atoms with Gasteiger partial charge in [0.1, 0.15) is 24.3 Å². The molecule has 2 aliphatic heterocycles. The Morgan fingerprint density at radius 2 is 2.00 bits per heavy atom. The summed E-state index contributed by atoms with van der Waals surface area (Å²) in [5, 5.41) is 23.1. The molecule has 188 valence electrons. The van der Waals surface area contributed by atoms with Crippen LogP contribution in [0, 0.1) is 0 Å². The number of hydrogen-bond donors (Lipinski definition) is 2. The van der Waals surface area contributed by atoms with E-state index in [1.807, 2.05) is 29.2 Å². The van der Waals surface area contributed by atoms with Crippen molar-refractivity contribution in [1.82, 2.24) is 15.1 Å². The van der Waals surface area contributed by atoms with Gasteiger partial charge in [0.05, 0.1) is 10.7 Å². The maximum Gasteiger partial charge on any atom is 0.573 e. The highest BCUT2D eigenvalue weighted by Gasteiger charge is 2.33. The largest absolute Gasteiger partial charge is 0.573 e. The van der Waals surface area contributed by atoms with Gasteiger partial charge in [-0.1, -0.05) is 35.9 Å². The molecule has 0 bridgehead atoms. The van der Waals surface area contributed by atoms with E-state index in [4.69, 9.17) is 11.6 Å². The third-order valence-corrected chi connectivity index (χ3v) is 6.39. The van der Waals surface area contributed by atoms with E-state index in [-0.39, 0.29) is 28.7 Å². The van der Waals surface area contributed by atoms with Crippen molar-refractivity contribution in [3.63, 3.8) is 0 Å². The number of aliphatic hydroxyl groups is 1. The first-order chi connectivity index (χ1) is 16.7. The molecule has 2 N–H and O–H groups in total. The number of para-hydroxylation sites is 1. The van der Waals surface area contributed by atoms with Gasteiger partial charge in [-0.15, -0.1) is 13.2 Å². The lowest BCUT2D eigenvalue weighted by Gasteiger charge is -2.37. The van der Waals surface area contributed by atoms with Gasteiger partial charge < -0.3 is 20.1 Å². The zero-order valence-corrected chi connectivity index (χ0v) is 19.9. The number of aliphatic hydroxyl groups excluding tert-OH is 1. The third-order valence-electron chi connectivity index (χ3n) is 6.08. The Labute approximate surface area is 206 Å². The van der Waals surface area contributed by atoms with Gasteiger partial charge in [0.25, 0.3) is 0 Å². The fourth-order valence-electron chi connectivity index (χ4n) is 4.29. The number of likely N-dealkylation sites (tertiary alicyclic amines) is 1. The minimum Gasteiger partial charge on any atom is -0.405 e. The molecule has 0 aromatic heterocycles. The van der Waals surface area contributed by atoms with Crippen LogP contribution >= 0.6 is 11.6 Å². The Morgan fingerprint density at radius 3 is 2.71 bits per heavy atom. The second-order valence-corrected chi connectivity index (χ2v) is 8.93. The van der Waals surface area contributed by atoms with Gasteiger partial charge in [-0.2, -0.15) is 10.2 Å². The summed E-state index contributed by atoms with van der Waals surface area (Å²) in [6.45, 7) is 0.713. The molecule has 4 rings (SSSR count). The average molecular weight is 510 g/mol. The number of halogens is 4. The first kappa shape index (κ1) is 25.3. The molecule has 3 atom stereocenters. The summed E-state index contributed by atoms with van der Waals surface area (Å²) in [7, 11) is 1.95. The van der Waals surface area contributed by atoms with E-state index in [0.29, 0.717) is 24.2 Å². The zero-order chi connectivity index (χ0) is 25.0. The number of benzene rings is 2. The van der Waals surface area contributed by atoms with Crippen LogP contribution in [0.25, 0.3) is 11.1 Å². The van der Waals surface area contributed by atoms with Crippen molar-refractivity contribution >= 4 is 17.3 Å². The second-order valence-electron chi connectivity index (χ2n) is 8.52. The van der Waals surface area contributed by atoms with Crippen LogP contribution in [0.3, 0.4) is 0 Å². The summed E-state index contributed by atoms with van der Waals surface area (Å²) >= 11 is 6.41. The molecule has 0 amide bonds. The molecule has 2 heterocycles. The van der Waals surface area contributed by atoms with Crippen LogP contribution < -0.4 is 10.1 Å². The van der Waals surface area contributed by atoms with Gasteiger partial charge in [-0.3, -0.25) is 4.90 Å². The molecule has 2 aliphatic rings. The van der Waals surface area contributed by atoms with E-state index >= 15 is 0 Å². The summed E-state index contributed by atoms with van der Waals surface area (Å²) < 4.78 is 42.5. The lowest BCUT2D eigenvalue weighted by atomic mass is 10.0. The van der Waals surface area contributed by atoms with Crippen LogP contribution in [0.5, 0.6) is 5.75 Å². The predicted octanol–water partition coefficient (Wildman–Crippen LogP) is 5.84. The van der Waals surface area contributed by atoms with E-state index in [1.165, 1.54) is 18.2 Å². The fourth-order valence-corrected chi connectivity index (χ4v) is 4.57. The van der Waals surface area contributed by atoms with Crippen molar-refractivity contribution in [2.24, 2.45) is 10.2 Å². The summed E-state index contributed by atoms with van der Waals surface area (Å²) in [6.07, 6.45) is 1.23. The SMILES string of the molecule is CN1C=CNC1CC(O)N1CCCCC1N=Nc1ccc(-c2ccccc2OC(F)(F)F)c(Cl)c1. The quantitative estimate of drug-likeness (QED) is 0.459. The minimum atomic E-state index is -4.81. The Morgan fingerprint density at radius 1 is 1.20 bits per heavy atom. The number of nitrogens with one attached hydrogen (secondary N) is 1. The van der Waals surface area contributed by atoms with Crippen LogP contribution in [-0.2, 0) is 0 Å². The molecule has 0 radical (unpaired) electrons. The predicted molar refractivity (Wildman–Crippen MR) is 127 cm³/mol. The summed E-state index contributed by atoms with van der Waals surface area (Å²) in [4.78, 5) is 3.95. The van der Waals surface area contributed by atoms with Crippen molar-refractivity contribution in [1.29, 1.82) is 0 Å². The average Bonchev–Trinajstić information content (AvgIpc) is 3.21. The molecule has 1 fully saturated rings. The van der Waals surface area contributed by atoms with Crippen molar-refractivity contribution in [3.8, 4) is 16.9 Å². The van der Waals surface area contributed by atoms with Crippen molar-refractivity contribution in [2.45, 2.75) is 50.6 Å². The molecule has 1 saturated heterocycles. The minimum absolute atomic E-state index is 0.0140. The smallest absolute Gasteiger partial charge is 0.405 e. The molecular formula is C24H27ClF3N5O2. The van der Waals surface area contributed by atoms with E-state index < -0.39 is 12.6 Å². The zero-order valence-electron chi connectivity index (χ0n) is 19.1. The fraction of sp³-hybridized carbons (Fsp3) is 0.417. The molecule has 0 aliphatic carbocycles. The highest BCUT2D eigenvalue weighted by atomic mass is 35.5. The maximum absolute atomic E-state index is 12.8. The van der Waals surface area contributed by atoms with Crippen LogP contribution in [-0.4, -0.2) is 53.4 Å². The molecular weight excluding hydrogens is 483 g/mol. The highest BCUT2D eigenvalue weighted by Crippen LogP contribution is 2.39. The molecule has 35 heavy (non-hydrogen) atoms. The molecule has 11 heteroatoms. The first-order valence-electron chi connectivity index (χ1n) is 11.4. The normalized spacial score (nSPS) is 21.9. The van der Waals surface area contributed by atoms with Crippen molar-refractivity contribution in [3.05, 3.63) is 59.9 Å². The number of alkyl halides is 3. The van der Waals surface area contributed by atoms with Gasteiger partial charge in [0.2, 0.25) is 0 Å². The van der Waals surface area contributed by atoms with Gasteiger partial charge >= 0.3 is 6.36 Å². The molecule has 0 saturated carbocycles. The molecule has 2 aromatic rings. The third kappa shape index (κ3) is 6.45. The Kier molecular flexibility index (Phi) is 7.83. The number of nitrogens with zero attached hydrogens (tertiary/aromatic N) is 4.